The highest BCUT2D eigenvalue weighted by Crippen LogP contribution is 2.19. The molecule has 1 rings (SSSR count). The summed E-state index contributed by atoms with van der Waals surface area (Å²) in [5, 5.41) is 5.75. The molecule has 1 atom stereocenters. The van der Waals surface area contributed by atoms with Gasteiger partial charge in [-0.3, -0.25) is 4.79 Å². The minimum atomic E-state index is -0.0625. The summed E-state index contributed by atoms with van der Waals surface area (Å²) in [6.45, 7) is 8.20. The molecule has 3 nitrogen and oxygen atoms in total. The van der Waals surface area contributed by atoms with Crippen molar-refractivity contribution in [2.75, 3.05) is 0 Å². The fourth-order valence-electron chi connectivity index (χ4n) is 1.06. The Morgan fingerprint density at radius 1 is 1.53 bits per heavy atom. The molecule has 1 aromatic rings. The lowest BCUT2D eigenvalue weighted by Crippen LogP contribution is -2.32. The Labute approximate surface area is 94.9 Å². The summed E-state index contributed by atoms with van der Waals surface area (Å²) in [7, 11) is 0. The summed E-state index contributed by atoms with van der Waals surface area (Å²) in [6.07, 6.45) is 0.937. The van der Waals surface area contributed by atoms with Gasteiger partial charge >= 0.3 is 0 Å². The van der Waals surface area contributed by atoms with Gasteiger partial charge in [-0.1, -0.05) is 20.8 Å². The van der Waals surface area contributed by atoms with Crippen LogP contribution in [0.15, 0.2) is 5.38 Å². The van der Waals surface area contributed by atoms with E-state index in [0.29, 0.717) is 11.6 Å². The Morgan fingerprint density at radius 3 is 2.67 bits per heavy atom. The van der Waals surface area contributed by atoms with E-state index in [4.69, 9.17) is 0 Å². The third-order valence-electron chi connectivity index (χ3n) is 2.24. The second kappa shape index (κ2) is 5.26. The van der Waals surface area contributed by atoms with E-state index in [1.165, 1.54) is 0 Å². The largest absolute Gasteiger partial charge is 0.348 e. The minimum Gasteiger partial charge on any atom is -0.348 e. The Kier molecular flexibility index (Phi) is 4.27. The third-order valence-corrected chi connectivity index (χ3v) is 3.38. The maximum atomic E-state index is 11.7. The second-order valence-electron chi connectivity index (χ2n) is 4.01. The lowest BCUT2D eigenvalue weighted by molar-refractivity contribution is 0.0935. The fraction of sp³-hybridized carbons (Fsp3) is 0.636. The molecule has 0 aliphatic rings. The molecule has 1 unspecified atom stereocenters. The molecular weight excluding hydrogens is 208 g/mol. The van der Waals surface area contributed by atoms with Crippen LogP contribution < -0.4 is 5.32 Å². The van der Waals surface area contributed by atoms with E-state index in [2.05, 4.69) is 24.1 Å². The van der Waals surface area contributed by atoms with Gasteiger partial charge in [0, 0.05) is 17.3 Å². The molecule has 15 heavy (non-hydrogen) atoms. The van der Waals surface area contributed by atoms with Crippen LogP contribution in [0.25, 0.3) is 0 Å². The molecule has 1 amide bonds. The average molecular weight is 226 g/mol. The van der Waals surface area contributed by atoms with Crippen LogP contribution in [0.5, 0.6) is 0 Å². The van der Waals surface area contributed by atoms with Crippen LogP contribution >= 0.6 is 11.3 Å². The maximum Gasteiger partial charge on any atom is 0.270 e. The van der Waals surface area contributed by atoms with Crippen LogP contribution in [0.2, 0.25) is 0 Å². The fourth-order valence-corrected chi connectivity index (χ4v) is 1.87. The number of hydrogen-bond acceptors (Lipinski definition) is 3. The van der Waals surface area contributed by atoms with E-state index in [0.717, 1.165) is 11.4 Å². The molecule has 84 valence electrons. The van der Waals surface area contributed by atoms with Crippen LogP contribution in [-0.2, 0) is 0 Å². The first-order chi connectivity index (χ1) is 7.04. The number of aromatic nitrogens is 1. The number of thiazole rings is 1. The van der Waals surface area contributed by atoms with Gasteiger partial charge in [-0.15, -0.1) is 11.3 Å². The molecule has 0 spiro atoms. The number of carbonyl (C=O) groups excluding carboxylic acids is 1. The van der Waals surface area contributed by atoms with Crippen molar-refractivity contribution in [2.24, 2.45) is 0 Å². The van der Waals surface area contributed by atoms with E-state index >= 15 is 0 Å². The zero-order valence-electron chi connectivity index (χ0n) is 9.70. The number of carbonyl (C=O) groups is 1. The first kappa shape index (κ1) is 12.2. The zero-order chi connectivity index (χ0) is 11.4. The molecule has 1 N–H and O–H groups in total. The summed E-state index contributed by atoms with van der Waals surface area (Å²) in [5.74, 6) is 0.327. The van der Waals surface area contributed by atoms with E-state index in [1.54, 1.807) is 11.3 Å². The minimum absolute atomic E-state index is 0.0625. The maximum absolute atomic E-state index is 11.7. The predicted octanol–water partition coefficient (Wildman–Crippen LogP) is 2.79. The van der Waals surface area contributed by atoms with Crippen LogP contribution in [0.4, 0.5) is 0 Å². The highest BCUT2D eigenvalue weighted by atomic mass is 32.1. The number of nitrogens with zero attached hydrogens (tertiary/aromatic N) is 1. The number of hydrogen-bond donors (Lipinski definition) is 1. The number of rotatable bonds is 4. The molecule has 1 heterocycles. The normalized spacial score (nSPS) is 12.9. The van der Waals surface area contributed by atoms with Crippen molar-refractivity contribution in [3.63, 3.8) is 0 Å². The monoisotopic (exact) mass is 226 g/mol. The Morgan fingerprint density at radius 2 is 2.20 bits per heavy atom. The molecule has 0 aliphatic heterocycles. The van der Waals surface area contributed by atoms with Crippen molar-refractivity contribution in [1.82, 2.24) is 10.3 Å². The van der Waals surface area contributed by atoms with Gasteiger partial charge in [0.25, 0.3) is 5.91 Å². The second-order valence-corrected chi connectivity index (χ2v) is 4.90. The summed E-state index contributed by atoms with van der Waals surface area (Å²) in [5.41, 5.74) is 0.545. The average Bonchev–Trinajstić information content (AvgIpc) is 2.66. The molecule has 0 saturated carbocycles. The van der Waals surface area contributed by atoms with Gasteiger partial charge in [0.15, 0.2) is 0 Å². The molecule has 4 heteroatoms. The lowest BCUT2D eigenvalue weighted by atomic mass is 10.2. The molecular formula is C11H18N2OS. The van der Waals surface area contributed by atoms with E-state index in [9.17, 15) is 4.79 Å². The molecule has 0 bridgehead atoms. The van der Waals surface area contributed by atoms with E-state index < -0.39 is 0 Å². The topological polar surface area (TPSA) is 42.0 Å². The molecule has 0 fully saturated rings. The summed E-state index contributed by atoms with van der Waals surface area (Å²) in [6, 6.07) is 0.210. The number of nitrogens with one attached hydrogen (secondary N) is 1. The smallest absolute Gasteiger partial charge is 0.270 e. The van der Waals surface area contributed by atoms with Gasteiger partial charge in [0.1, 0.15) is 5.69 Å². The highest BCUT2D eigenvalue weighted by Gasteiger charge is 2.13. The standard InChI is InChI=1S/C11H18N2OS/c1-5-8(4)12-10(14)9-6-15-11(13-9)7(2)3/h6-8H,5H2,1-4H3,(H,12,14). The summed E-state index contributed by atoms with van der Waals surface area (Å²) in [4.78, 5) is 16.0. The van der Waals surface area contributed by atoms with Crippen molar-refractivity contribution in [1.29, 1.82) is 0 Å². The van der Waals surface area contributed by atoms with Gasteiger partial charge in [-0.05, 0) is 13.3 Å². The highest BCUT2D eigenvalue weighted by molar-refractivity contribution is 7.09. The van der Waals surface area contributed by atoms with Crippen molar-refractivity contribution in [2.45, 2.75) is 46.1 Å². The van der Waals surface area contributed by atoms with Crippen LogP contribution in [-0.4, -0.2) is 16.9 Å². The quantitative estimate of drug-likeness (QED) is 0.857. The zero-order valence-corrected chi connectivity index (χ0v) is 10.5. The van der Waals surface area contributed by atoms with Gasteiger partial charge in [-0.2, -0.15) is 0 Å². The van der Waals surface area contributed by atoms with Crippen molar-refractivity contribution in [3.8, 4) is 0 Å². The van der Waals surface area contributed by atoms with Crippen LogP contribution in [0.1, 0.15) is 55.5 Å². The van der Waals surface area contributed by atoms with Crippen molar-refractivity contribution >= 4 is 17.2 Å². The SMILES string of the molecule is CCC(C)NC(=O)c1csc(C(C)C)n1. The summed E-state index contributed by atoms with van der Waals surface area (Å²) >= 11 is 1.55. The molecule has 0 saturated heterocycles. The molecule has 0 radical (unpaired) electrons. The molecule has 0 aliphatic carbocycles. The Balaban J connectivity index is 2.66. The van der Waals surface area contributed by atoms with Gasteiger partial charge in [0.05, 0.1) is 5.01 Å². The Bertz CT molecular complexity index is 333. The summed E-state index contributed by atoms with van der Waals surface area (Å²) < 4.78 is 0. The van der Waals surface area contributed by atoms with Gasteiger partial charge in [0.2, 0.25) is 0 Å². The molecule has 0 aromatic carbocycles. The number of amides is 1. The third kappa shape index (κ3) is 3.30. The predicted molar refractivity (Wildman–Crippen MR) is 63.4 cm³/mol. The van der Waals surface area contributed by atoms with E-state index in [1.807, 2.05) is 19.2 Å². The Hall–Kier alpha value is -0.900. The lowest BCUT2D eigenvalue weighted by Gasteiger charge is -2.09. The van der Waals surface area contributed by atoms with Gasteiger partial charge in [-0.25, -0.2) is 4.98 Å². The van der Waals surface area contributed by atoms with Crippen LogP contribution in [0.3, 0.4) is 0 Å². The first-order valence-electron chi connectivity index (χ1n) is 5.30. The molecule has 1 aromatic heterocycles. The van der Waals surface area contributed by atoms with Crippen molar-refractivity contribution < 1.29 is 4.79 Å². The van der Waals surface area contributed by atoms with Crippen LogP contribution in [0, 0.1) is 0 Å². The van der Waals surface area contributed by atoms with E-state index in [-0.39, 0.29) is 11.9 Å². The van der Waals surface area contributed by atoms with Gasteiger partial charge < -0.3 is 5.32 Å². The van der Waals surface area contributed by atoms with Crippen molar-refractivity contribution in [3.05, 3.63) is 16.1 Å². The first-order valence-corrected chi connectivity index (χ1v) is 6.18.